The van der Waals surface area contributed by atoms with E-state index in [-0.39, 0.29) is 6.61 Å². The van der Waals surface area contributed by atoms with Gasteiger partial charge in [0.25, 0.3) is 0 Å². The first-order valence-electron chi connectivity index (χ1n) is 5.99. The van der Waals surface area contributed by atoms with Crippen LogP contribution < -0.4 is 10.1 Å². The van der Waals surface area contributed by atoms with Crippen LogP contribution in [0.1, 0.15) is 19.4 Å². The van der Waals surface area contributed by atoms with Crippen LogP contribution in [0.25, 0.3) is 0 Å². The lowest BCUT2D eigenvalue weighted by molar-refractivity contribution is -0.137. The van der Waals surface area contributed by atoms with Crippen molar-refractivity contribution in [3.8, 4) is 5.75 Å². The number of rotatable bonds is 6. The third-order valence-corrected chi connectivity index (χ3v) is 2.38. The second kappa shape index (κ2) is 6.61. The number of hydrogen-bond acceptors (Lipinski definition) is 2. The molecule has 0 aliphatic carbocycles. The maximum absolute atomic E-state index is 12.3. The maximum Gasteiger partial charge on any atom is 0.416 e. The molecule has 2 nitrogen and oxygen atoms in total. The molecule has 0 heterocycles. The predicted molar refractivity (Wildman–Crippen MR) is 69.2 cm³/mol. The summed E-state index contributed by atoms with van der Waals surface area (Å²) in [6, 6.07) is 4.98. The first-order valence-corrected chi connectivity index (χ1v) is 5.99. The Hall–Kier alpha value is -1.49. The van der Waals surface area contributed by atoms with Gasteiger partial charge in [0.2, 0.25) is 0 Å². The minimum absolute atomic E-state index is 0.283. The van der Waals surface area contributed by atoms with Crippen molar-refractivity contribution in [2.24, 2.45) is 0 Å². The van der Waals surface area contributed by atoms with Gasteiger partial charge in [-0.15, -0.1) is 0 Å². The van der Waals surface area contributed by atoms with E-state index in [0.717, 1.165) is 17.7 Å². The van der Waals surface area contributed by atoms with Gasteiger partial charge in [-0.05, 0) is 29.8 Å². The van der Waals surface area contributed by atoms with Gasteiger partial charge in [0.05, 0.1) is 5.56 Å². The van der Waals surface area contributed by atoms with Gasteiger partial charge in [0, 0.05) is 12.6 Å². The topological polar surface area (TPSA) is 21.3 Å². The molecule has 1 rings (SSSR count). The number of ether oxygens (including phenoxy) is 1. The summed E-state index contributed by atoms with van der Waals surface area (Å²) in [6.45, 7) is 8.77. The SMILES string of the molecule is C=C(CNC(C)C)COc1ccc(C(F)(F)F)cc1. The van der Waals surface area contributed by atoms with E-state index >= 15 is 0 Å². The molecule has 19 heavy (non-hydrogen) atoms. The van der Waals surface area contributed by atoms with Crippen LogP contribution in [0.15, 0.2) is 36.4 Å². The molecule has 0 saturated carbocycles. The van der Waals surface area contributed by atoms with Gasteiger partial charge in [-0.3, -0.25) is 0 Å². The third-order valence-electron chi connectivity index (χ3n) is 2.38. The monoisotopic (exact) mass is 273 g/mol. The van der Waals surface area contributed by atoms with Crippen molar-refractivity contribution in [3.63, 3.8) is 0 Å². The van der Waals surface area contributed by atoms with Gasteiger partial charge >= 0.3 is 6.18 Å². The molecular formula is C14H18F3NO. The smallest absolute Gasteiger partial charge is 0.416 e. The second-order valence-electron chi connectivity index (χ2n) is 4.60. The highest BCUT2D eigenvalue weighted by Gasteiger charge is 2.29. The van der Waals surface area contributed by atoms with Gasteiger partial charge < -0.3 is 10.1 Å². The van der Waals surface area contributed by atoms with Crippen molar-refractivity contribution in [1.82, 2.24) is 5.32 Å². The molecular weight excluding hydrogens is 255 g/mol. The number of halogens is 3. The Labute approximate surface area is 111 Å². The molecule has 0 fully saturated rings. The summed E-state index contributed by atoms with van der Waals surface area (Å²) < 4.78 is 42.4. The molecule has 0 aromatic heterocycles. The highest BCUT2D eigenvalue weighted by molar-refractivity contribution is 5.29. The van der Waals surface area contributed by atoms with E-state index < -0.39 is 11.7 Å². The Morgan fingerprint density at radius 1 is 1.26 bits per heavy atom. The van der Waals surface area contributed by atoms with E-state index in [4.69, 9.17) is 4.74 Å². The van der Waals surface area contributed by atoms with Crippen LogP contribution in [0.3, 0.4) is 0 Å². The molecule has 0 aliphatic heterocycles. The van der Waals surface area contributed by atoms with Crippen molar-refractivity contribution in [2.75, 3.05) is 13.2 Å². The fraction of sp³-hybridized carbons (Fsp3) is 0.429. The molecule has 0 bridgehead atoms. The molecule has 0 radical (unpaired) electrons. The van der Waals surface area contributed by atoms with Gasteiger partial charge in [0.15, 0.2) is 0 Å². The molecule has 1 N–H and O–H groups in total. The van der Waals surface area contributed by atoms with Crippen LogP contribution in [0.2, 0.25) is 0 Å². The standard InChI is InChI=1S/C14H18F3NO/c1-10(2)18-8-11(3)9-19-13-6-4-12(5-7-13)14(15,16)17/h4-7,10,18H,3,8-9H2,1-2H3. The van der Waals surface area contributed by atoms with Crippen molar-refractivity contribution >= 4 is 0 Å². The Kier molecular flexibility index (Phi) is 5.42. The van der Waals surface area contributed by atoms with E-state index in [1.54, 1.807) is 0 Å². The molecule has 0 saturated heterocycles. The summed E-state index contributed by atoms with van der Waals surface area (Å²) in [7, 11) is 0. The van der Waals surface area contributed by atoms with Crippen molar-refractivity contribution in [1.29, 1.82) is 0 Å². The molecule has 1 aromatic rings. The summed E-state index contributed by atoms with van der Waals surface area (Å²) >= 11 is 0. The highest BCUT2D eigenvalue weighted by Crippen LogP contribution is 2.30. The maximum atomic E-state index is 12.3. The molecule has 5 heteroatoms. The molecule has 1 aromatic carbocycles. The van der Waals surface area contributed by atoms with Gasteiger partial charge in [-0.1, -0.05) is 20.4 Å². The van der Waals surface area contributed by atoms with Crippen LogP contribution in [0.4, 0.5) is 13.2 Å². The van der Waals surface area contributed by atoms with E-state index in [1.165, 1.54) is 12.1 Å². The van der Waals surface area contributed by atoms with Crippen LogP contribution in [-0.2, 0) is 6.18 Å². The summed E-state index contributed by atoms with van der Waals surface area (Å²) in [5.74, 6) is 0.402. The van der Waals surface area contributed by atoms with E-state index in [9.17, 15) is 13.2 Å². The fourth-order valence-electron chi connectivity index (χ4n) is 1.33. The highest BCUT2D eigenvalue weighted by atomic mass is 19.4. The van der Waals surface area contributed by atoms with Crippen LogP contribution >= 0.6 is 0 Å². The third kappa shape index (κ3) is 5.79. The van der Waals surface area contributed by atoms with E-state index in [1.807, 2.05) is 13.8 Å². The zero-order valence-electron chi connectivity index (χ0n) is 11.1. The minimum Gasteiger partial charge on any atom is -0.489 e. The lowest BCUT2D eigenvalue weighted by Crippen LogP contribution is -2.26. The average molecular weight is 273 g/mol. The Morgan fingerprint density at radius 3 is 2.32 bits per heavy atom. The quantitative estimate of drug-likeness (QED) is 0.799. The summed E-state index contributed by atoms with van der Waals surface area (Å²) in [6.07, 6.45) is -4.32. The molecule has 0 spiro atoms. The average Bonchev–Trinajstić information content (AvgIpc) is 2.33. The molecule has 0 aliphatic rings. The molecule has 0 atom stereocenters. The van der Waals surface area contributed by atoms with Crippen molar-refractivity contribution < 1.29 is 17.9 Å². The summed E-state index contributed by atoms with van der Waals surface area (Å²) in [4.78, 5) is 0. The first-order chi connectivity index (χ1) is 8.79. The van der Waals surface area contributed by atoms with Crippen LogP contribution in [-0.4, -0.2) is 19.2 Å². The molecule has 106 valence electrons. The first kappa shape index (κ1) is 15.6. The fourth-order valence-corrected chi connectivity index (χ4v) is 1.33. The number of hydrogen-bond donors (Lipinski definition) is 1. The largest absolute Gasteiger partial charge is 0.489 e. The zero-order valence-corrected chi connectivity index (χ0v) is 11.1. The normalized spacial score (nSPS) is 11.7. The van der Waals surface area contributed by atoms with Gasteiger partial charge in [-0.25, -0.2) is 0 Å². The Morgan fingerprint density at radius 2 is 1.84 bits per heavy atom. The number of alkyl halides is 3. The summed E-state index contributed by atoms with van der Waals surface area (Å²) in [5.41, 5.74) is 0.161. The number of benzene rings is 1. The van der Waals surface area contributed by atoms with Crippen molar-refractivity contribution in [2.45, 2.75) is 26.1 Å². The zero-order chi connectivity index (χ0) is 14.5. The van der Waals surface area contributed by atoms with Crippen LogP contribution in [0, 0.1) is 0 Å². The predicted octanol–water partition coefficient (Wildman–Crippen LogP) is 3.64. The molecule has 0 unspecified atom stereocenters. The van der Waals surface area contributed by atoms with E-state index in [2.05, 4.69) is 11.9 Å². The second-order valence-corrected chi connectivity index (χ2v) is 4.60. The Bertz CT molecular complexity index is 410. The van der Waals surface area contributed by atoms with Crippen LogP contribution in [0.5, 0.6) is 5.75 Å². The van der Waals surface area contributed by atoms with Crippen molar-refractivity contribution in [3.05, 3.63) is 42.0 Å². The lowest BCUT2D eigenvalue weighted by atomic mass is 10.2. The molecule has 0 amide bonds. The lowest BCUT2D eigenvalue weighted by Gasteiger charge is -2.12. The minimum atomic E-state index is -4.32. The van der Waals surface area contributed by atoms with Gasteiger partial charge in [0.1, 0.15) is 12.4 Å². The summed E-state index contributed by atoms with van der Waals surface area (Å²) in [5, 5.41) is 3.18. The number of nitrogens with one attached hydrogen (secondary N) is 1. The van der Waals surface area contributed by atoms with E-state index in [0.29, 0.717) is 18.3 Å². The Balaban J connectivity index is 2.44. The van der Waals surface area contributed by atoms with Gasteiger partial charge in [-0.2, -0.15) is 13.2 Å².